The van der Waals surface area contributed by atoms with Crippen molar-refractivity contribution >= 4 is 16.5 Å². The SMILES string of the molecule is CNCc1sc(N2CCCC2C)nc1C(C)(C)C. The lowest BCUT2D eigenvalue weighted by atomic mass is 9.91. The highest BCUT2D eigenvalue weighted by Gasteiger charge is 2.28. The Morgan fingerprint density at radius 1 is 1.44 bits per heavy atom. The molecule has 1 atom stereocenters. The van der Waals surface area contributed by atoms with Gasteiger partial charge in [-0.1, -0.05) is 20.8 Å². The van der Waals surface area contributed by atoms with E-state index in [1.54, 1.807) is 0 Å². The Balaban J connectivity index is 2.33. The molecule has 1 fully saturated rings. The van der Waals surface area contributed by atoms with Crippen LogP contribution in [-0.4, -0.2) is 24.6 Å². The predicted molar refractivity (Wildman–Crippen MR) is 79.6 cm³/mol. The van der Waals surface area contributed by atoms with Crippen molar-refractivity contribution in [3.05, 3.63) is 10.6 Å². The molecule has 1 aromatic rings. The van der Waals surface area contributed by atoms with Gasteiger partial charge in [-0.15, -0.1) is 11.3 Å². The third-order valence-corrected chi connectivity index (χ3v) is 4.62. The van der Waals surface area contributed by atoms with Gasteiger partial charge in [-0.05, 0) is 26.8 Å². The summed E-state index contributed by atoms with van der Waals surface area (Å²) >= 11 is 1.86. The second-order valence-electron chi connectivity index (χ2n) is 6.23. The lowest BCUT2D eigenvalue weighted by Crippen LogP contribution is -2.26. The van der Waals surface area contributed by atoms with E-state index in [0.29, 0.717) is 6.04 Å². The van der Waals surface area contributed by atoms with Gasteiger partial charge in [0.1, 0.15) is 0 Å². The van der Waals surface area contributed by atoms with Crippen LogP contribution in [-0.2, 0) is 12.0 Å². The molecule has 3 nitrogen and oxygen atoms in total. The highest BCUT2D eigenvalue weighted by Crippen LogP contribution is 2.36. The van der Waals surface area contributed by atoms with Gasteiger partial charge in [0.2, 0.25) is 0 Å². The Morgan fingerprint density at radius 2 is 2.17 bits per heavy atom. The van der Waals surface area contributed by atoms with Crippen LogP contribution in [0.1, 0.15) is 51.1 Å². The molecule has 18 heavy (non-hydrogen) atoms. The summed E-state index contributed by atoms with van der Waals surface area (Å²) in [5, 5.41) is 4.48. The van der Waals surface area contributed by atoms with E-state index in [-0.39, 0.29) is 5.41 Å². The van der Waals surface area contributed by atoms with E-state index in [9.17, 15) is 0 Å². The molecule has 1 unspecified atom stereocenters. The van der Waals surface area contributed by atoms with Crippen molar-refractivity contribution in [2.75, 3.05) is 18.5 Å². The van der Waals surface area contributed by atoms with E-state index >= 15 is 0 Å². The van der Waals surface area contributed by atoms with Crippen molar-refractivity contribution in [1.82, 2.24) is 10.3 Å². The van der Waals surface area contributed by atoms with E-state index < -0.39 is 0 Å². The zero-order valence-corrected chi connectivity index (χ0v) is 13.0. The van der Waals surface area contributed by atoms with Crippen molar-refractivity contribution in [3.8, 4) is 0 Å². The van der Waals surface area contributed by atoms with Crippen LogP contribution in [0.4, 0.5) is 5.13 Å². The van der Waals surface area contributed by atoms with E-state index in [1.807, 2.05) is 18.4 Å². The van der Waals surface area contributed by atoms with Crippen molar-refractivity contribution in [2.45, 2.75) is 58.5 Å². The van der Waals surface area contributed by atoms with Crippen molar-refractivity contribution < 1.29 is 0 Å². The number of nitrogens with zero attached hydrogens (tertiary/aromatic N) is 2. The number of nitrogens with one attached hydrogen (secondary N) is 1. The fourth-order valence-corrected chi connectivity index (χ4v) is 3.96. The van der Waals surface area contributed by atoms with E-state index in [4.69, 9.17) is 4.98 Å². The molecule has 1 aromatic heterocycles. The van der Waals surface area contributed by atoms with Gasteiger partial charge in [-0.2, -0.15) is 0 Å². The van der Waals surface area contributed by atoms with E-state index in [1.165, 1.54) is 28.5 Å². The lowest BCUT2D eigenvalue weighted by molar-refractivity contribution is 0.562. The highest BCUT2D eigenvalue weighted by atomic mass is 32.1. The third kappa shape index (κ3) is 2.69. The quantitative estimate of drug-likeness (QED) is 0.912. The minimum Gasteiger partial charge on any atom is -0.345 e. The summed E-state index contributed by atoms with van der Waals surface area (Å²) in [6, 6.07) is 0.645. The highest BCUT2D eigenvalue weighted by molar-refractivity contribution is 7.15. The van der Waals surface area contributed by atoms with Gasteiger partial charge in [-0.3, -0.25) is 0 Å². The smallest absolute Gasteiger partial charge is 0.186 e. The summed E-state index contributed by atoms with van der Waals surface area (Å²) in [5.74, 6) is 0. The molecular weight excluding hydrogens is 242 g/mol. The van der Waals surface area contributed by atoms with Gasteiger partial charge in [0.15, 0.2) is 5.13 Å². The average molecular weight is 267 g/mol. The molecule has 1 aliphatic rings. The first-order valence-electron chi connectivity index (χ1n) is 6.85. The van der Waals surface area contributed by atoms with Crippen molar-refractivity contribution in [1.29, 1.82) is 0 Å². The molecule has 1 saturated heterocycles. The summed E-state index contributed by atoms with van der Waals surface area (Å²) in [7, 11) is 2.00. The zero-order chi connectivity index (χ0) is 13.3. The number of rotatable bonds is 3. The maximum absolute atomic E-state index is 4.94. The largest absolute Gasteiger partial charge is 0.345 e. The van der Waals surface area contributed by atoms with Gasteiger partial charge >= 0.3 is 0 Å². The van der Waals surface area contributed by atoms with Crippen LogP contribution in [0.2, 0.25) is 0 Å². The fourth-order valence-electron chi connectivity index (χ4n) is 2.55. The first-order chi connectivity index (χ1) is 8.43. The average Bonchev–Trinajstić information content (AvgIpc) is 2.83. The van der Waals surface area contributed by atoms with E-state index in [2.05, 4.69) is 37.9 Å². The third-order valence-electron chi connectivity index (χ3n) is 3.53. The van der Waals surface area contributed by atoms with Crippen LogP contribution in [0.15, 0.2) is 0 Å². The van der Waals surface area contributed by atoms with Crippen LogP contribution < -0.4 is 10.2 Å². The summed E-state index contributed by atoms with van der Waals surface area (Å²) in [6.45, 7) is 11.1. The standard InChI is InChI=1S/C14H25N3S/c1-10-7-6-8-17(10)13-16-12(14(2,3)4)11(18-13)9-15-5/h10,15H,6-9H2,1-5H3. The Hall–Kier alpha value is -0.610. The van der Waals surface area contributed by atoms with Gasteiger partial charge in [0, 0.05) is 29.4 Å². The first-order valence-corrected chi connectivity index (χ1v) is 7.66. The predicted octanol–water partition coefficient (Wildman–Crippen LogP) is 3.15. The molecule has 0 aliphatic carbocycles. The number of thiazole rings is 1. The number of hydrogen-bond acceptors (Lipinski definition) is 4. The molecule has 1 aliphatic heterocycles. The van der Waals surface area contributed by atoms with Crippen LogP contribution in [0.5, 0.6) is 0 Å². The summed E-state index contributed by atoms with van der Waals surface area (Å²) in [4.78, 5) is 8.80. The summed E-state index contributed by atoms with van der Waals surface area (Å²) in [5.41, 5.74) is 1.39. The number of anilines is 1. The summed E-state index contributed by atoms with van der Waals surface area (Å²) in [6.07, 6.45) is 2.60. The van der Waals surface area contributed by atoms with Gasteiger partial charge in [0.25, 0.3) is 0 Å². The summed E-state index contributed by atoms with van der Waals surface area (Å²) < 4.78 is 0. The molecule has 0 saturated carbocycles. The maximum Gasteiger partial charge on any atom is 0.186 e. The van der Waals surface area contributed by atoms with Gasteiger partial charge < -0.3 is 10.2 Å². The molecule has 2 rings (SSSR count). The van der Waals surface area contributed by atoms with Crippen LogP contribution in [0, 0.1) is 0 Å². The van der Waals surface area contributed by atoms with Crippen LogP contribution >= 0.6 is 11.3 Å². The Morgan fingerprint density at radius 3 is 2.67 bits per heavy atom. The second-order valence-corrected chi connectivity index (χ2v) is 7.30. The van der Waals surface area contributed by atoms with E-state index in [0.717, 1.165) is 13.1 Å². The monoisotopic (exact) mass is 267 g/mol. The Bertz CT molecular complexity index is 406. The molecule has 0 amide bonds. The molecular formula is C14H25N3S. The van der Waals surface area contributed by atoms with Gasteiger partial charge in [0.05, 0.1) is 5.69 Å². The van der Waals surface area contributed by atoms with Crippen LogP contribution in [0.3, 0.4) is 0 Å². The minimum atomic E-state index is 0.129. The maximum atomic E-state index is 4.94. The first kappa shape index (κ1) is 13.8. The molecule has 2 heterocycles. The van der Waals surface area contributed by atoms with Crippen molar-refractivity contribution in [2.24, 2.45) is 0 Å². The molecule has 1 N–H and O–H groups in total. The second kappa shape index (κ2) is 5.17. The fraction of sp³-hybridized carbons (Fsp3) is 0.786. The van der Waals surface area contributed by atoms with Gasteiger partial charge in [-0.25, -0.2) is 4.98 Å². The van der Waals surface area contributed by atoms with Crippen LogP contribution in [0.25, 0.3) is 0 Å². The molecule has 0 bridgehead atoms. The molecule has 102 valence electrons. The Labute approximate surface area is 115 Å². The Kier molecular flexibility index (Phi) is 3.97. The molecule has 4 heteroatoms. The molecule has 0 radical (unpaired) electrons. The molecule has 0 spiro atoms. The zero-order valence-electron chi connectivity index (χ0n) is 12.2. The topological polar surface area (TPSA) is 28.2 Å². The lowest BCUT2D eigenvalue weighted by Gasteiger charge is -2.20. The number of hydrogen-bond donors (Lipinski definition) is 1. The van der Waals surface area contributed by atoms with Crippen molar-refractivity contribution in [3.63, 3.8) is 0 Å². The number of aromatic nitrogens is 1. The molecule has 0 aromatic carbocycles. The minimum absolute atomic E-state index is 0.129. The normalized spacial score (nSPS) is 20.7.